The maximum Gasteiger partial charge on any atom is 0.118 e. The van der Waals surface area contributed by atoms with E-state index < -0.39 is 0 Å². The van der Waals surface area contributed by atoms with Gasteiger partial charge in [-0.25, -0.2) is 4.99 Å². The van der Waals surface area contributed by atoms with Crippen LogP contribution < -0.4 is 0 Å². The van der Waals surface area contributed by atoms with Gasteiger partial charge in [0.1, 0.15) is 5.84 Å². The van der Waals surface area contributed by atoms with E-state index in [2.05, 4.69) is 139 Å². The Morgan fingerprint density at radius 2 is 1.21 bits per heavy atom. The van der Waals surface area contributed by atoms with E-state index in [4.69, 9.17) is 4.99 Å². The number of aryl methyl sites for hydroxylation is 1. The lowest BCUT2D eigenvalue weighted by molar-refractivity contribution is 1.15. The van der Waals surface area contributed by atoms with E-state index in [0.717, 1.165) is 17.9 Å². The van der Waals surface area contributed by atoms with Gasteiger partial charge in [0.05, 0.1) is 16.7 Å². The minimum Gasteiger partial charge on any atom is -0.296 e. The molecule has 0 N–H and O–H groups in total. The quantitative estimate of drug-likeness (QED) is 0.117. The molecule has 0 aliphatic rings. The van der Waals surface area contributed by atoms with Crippen molar-refractivity contribution in [3.05, 3.63) is 139 Å². The first-order chi connectivity index (χ1) is 20.8. The zero-order chi connectivity index (χ0) is 27.8. The second-order valence-electron chi connectivity index (χ2n) is 11.2. The maximum atomic E-state index is 5.45. The van der Waals surface area contributed by atoms with Gasteiger partial charge in [0, 0.05) is 42.8 Å². The van der Waals surface area contributed by atoms with Crippen LogP contribution in [0, 0.1) is 6.92 Å². The van der Waals surface area contributed by atoms with Crippen LogP contribution in [0.5, 0.6) is 0 Å². The first-order valence-corrected chi connectivity index (χ1v) is 15.3. The highest BCUT2D eigenvalue weighted by Gasteiger charge is 2.22. The lowest BCUT2D eigenvalue weighted by Crippen LogP contribution is -2.15. The SMILES string of the molecule is Cc1ccccc1N=C(Cc1ccccc1)n1c2ccccc2c2ccc3c4cccc5sc6cccc(c6c54)c3c21. The average Bonchev–Trinajstić information content (AvgIpc) is 3.58. The van der Waals surface area contributed by atoms with Gasteiger partial charge in [-0.15, -0.1) is 11.3 Å². The molecular formula is C39H26N2S. The molecule has 0 unspecified atom stereocenters. The number of nitrogens with zero attached hydrogens (tertiary/aromatic N) is 2. The zero-order valence-electron chi connectivity index (χ0n) is 23.1. The van der Waals surface area contributed by atoms with Crippen LogP contribution in [0.4, 0.5) is 5.69 Å². The van der Waals surface area contributed by atoms with Crippen LogP contribution in [0.15, 0.2) is 132 Å². The number of hydrogen-bond acceptors (Lipinski definition) is 2. The van der Waals surface area contributed by atoms with Crippen LogP contribution in [0.1, 0.15) is 11.1 Å². The molecule has 2 heterocycles. The van der Waals surface area contributed by atoms with E-state index in [1.165, 1.54) is 74.6 Å². The molecule has 0 amide bonds. The molecule has 9 rings (SSSR count). The summed E-state index contributed by atoms with van der Waals surface area (Å²) in [5.74, 6) is 1.02. The fourth-order valence-corrected chi connectivity index (χ4v) is 8.06. The fourth-order valence-electron chi connectivity index (χ4n) is 6.90. The molecule has 0 atom stereocenters. The van der Waals surface area contributed by atoms with Crippen molar-refractivity contribution >= 4 is 86.4 Å². The standard InChI is InChI=1S/C39H26N2S/c1-24-11-5-7-17-31(24)40-35(23-25-12-3-2-4-13-25)41-32-18-8-6-14-26(32)29-22-21-28-27-15-9-19-33-37(27)38-30(36(28)39(29)41)16-10-20-34(38)42-33/h2-22H,23H2,1H3. The maximum absolute atomic E-state index is 5.45. The van der Waals surface area contributed by atoms with Crippen molar-refractivity contribution in [3.8, 4) is 0 Å². The van der Waals surface area contributed by atoms with Crippen molar-refractivity contribution in [3.63, 3.8) is 0 Å². The van der Waals surface area contributed by atoms with Gasteiger partial charge in [0.15, 0.2) is 0 Å². The van der Waals surface area contributed by atoms with Crippen molar-refractivity contribution in [1.82, 2.24) is 4.57 Å². The fraction of sp³-hybridized carbons (Fsp3) is 0.0513. The molecule has 7 aromatic carbocycles. The highest BCUT2D eigenvalue weighted by molar-refractivity contribution is 7.26. The predicted octanol–water partition coefficient (Wildman–Crippen LogP) is 11.0. The number of rotatable bonds is 3. The van der Waals surface area contributed by atoms with Gasteiger partial charge in [-0.1, -0.05) is 103 Å². The summed E-state index contributed by atoms with van der Waals surface area (Å²) in [7, 11) is 0. The second kappa shape index (κ2) is 9.01. The Kier molecular flexibility index (Phi) is 5.08. The van der Waals surface area contributed by atoms with Gasteiger partial charge >= 0.3 is 0 Å². The molecule has 2 nitrogen and oxygen atoms in total. The third-order valence-corrected chi connectivity index (χ3v) is 9.87. The largest absolute Gasteiger partial charge is 0.296 e. The Morgan fingerprint density at radius 1 is 0.571 bits per heavy atom. The molecule has 3 heteroatoms. The Morgan fingerprint density at radius 3 is 2.05 bits per heavy atom. The Bertz CT molecular complexity index is 2490. The van der Waals surface area contributed by atoms with E-state index in [0.29, 0.717) is 0 Å². The summed E-state index contributed by atoms with van der Waals surface area (Å²) < 4.78 is 5.16. The van der Waals surface area contributed by atoms with E-state index >= 15 is 0 Å². The molecular weight excluding hydrogens is 529 g/mol. The highest BCUT2D eigenvalue weighted by Crippen LogP contribution is 2.47. The second-order valence-corrected chi connectivity index (χ2v) is 12.3. The topological polar surface area (TPSA) is 17.3 Å². The van der Waals surface area contributed by atoms with Gasteiger partial charge in [0.2, 0.25) is 0 Å². The first kappa shape index (κ1) is 23.7. The van der Waals surface area contributed by atoms with Crippen molar-refractivity contribution in [2.45, 2.75) is 13.3 Å². The molecule has 0 fully saturated rings. The smallest absolute Gasteiger partial charge is 0.118 e. The number of fused-ring (bicyclic) bond motifs is 7. The molecule has 198 valence electrons. The lowest BCUT2D eigenvalue weighted by atomic mass is 9.93. The highest BCUT2D eigenvalue weighted by atomic mass is 32.1. The molecule has 0 saturated carbocycles. The summed E-state index contributed by atoms with van der Waals surface area (Å²) in [6.45, 7) is 2.15. The van der Waals surface area contributed by atoms with Crippen LogP contribution in [0.3, 0.4) is 0 Å². The summed E-state index contributed by atoms with van der Waals surface area (Å²) in [6.07, 6.45) is 0.718. The predicted molar refractivity (Wildman–Crippen MR) is 182 cm³/mol. The number of aromatic nitrogens is 1. The van der Waals surface area contributed by atoms with E-state index in [9.17, 15) is 0 Å². The molecule has 0 aliphatic carbocycles. The molecule has 0 radical (unpaired) electrons. The number of hydrogen-bond donors (Lipinski definition) is 0. The van der Waals surface area contributed by atoms with Gasteiger partial charge in [-0.05, 0) is 58.5 Å². The van der Waals surface area contributed by atoms with E-state index in [-0.39, 0.29) is 0 Å². The zero-order valence-corrected chi connectivity index (χ0v) is 24.0. The van der Waals surface area contributed by atoms with Crippen LogP contribution in [0.2, 0.25) is 0 Å². The minimum atomic E-state index is 0.718. The lowest BCUT2D eigenvalue weighted by Gasteiger charge is -2.16. The summed E-state index contributed by atoms with van der Waals surface area (Å²) in [4.78, 5) is 5.45. The molecule has 42 heavy (non-hydrogen) atoms. The minimum absolute atomic E-state index is 0.718. The average molecular weight is 555 g/mol. The Balaban J connectivity index is 1.50. The van der Waals surface area contributed by atoms with Gasteiger partial charge < -0.3 is 0 Å². The van der Waals surface area contributed by atoms with Gasteiger partial charge in [0.25, 0.3) is 0 Å². The first-order valence-electron chi connectivity index (χ1n) is 14.4. The molecule has 0 spiro atoms. The van der Waals surface area contributed by atoms with Gasteiger partial charge in [-0.3, -0.25) is 4.57 Å². The van der Waals surface area contributed by atoms with E-state index in [1.54, 1.807) is 0 Å². The van der Waals surface area contributed by atoms with Crippen LogP contribution in [-0.2, 0) is 6.42 Å². The summed E-state index contributed by atoms with van der Waals surface area (Å²) >= 11 is 1.90. The number of aliphatic imine (C=N–C) groups is 1. The van der Waals surface area contributed by atoms with Crippen molar-refractivity contribution in [2.75, 3.05) is 0 Å². The molecule has 2 aromatic heterocycles. The Hall–Kier alpha value is -4.99. The summed E-state index contributed by atoms with van der Waals surface area (Å²) in [6, 6.07) is 46.2. The van der Waals surface area contributed by atoms with Crippen LogP contribution in [0.25, 0.3) is 63.5 Å². The van der Waals surface area contributed by atoms with Crippen molar-refractivity contribution in [2.24, 2.45) is 4.99 Å². The number of thiophene rings is 1. The van der Waals surface area contributed by atoms with Crippen molar-refractivity contribution < 1.29 is 0 Å². The Labute approximate surface area is 247 Å². The summed E-state index contributed by atoms with van der Waals surface area (Å²) in [5, 5.41) is 10.5. The normalized spacial score (nSPS) is 12.6. The van der Waals surface area contributed by atoms with Gasteiger partial charge in [-0.2, -0.15) is 0 Å². The number of benzene rings is 7. The molecule has 0 saturated heterocycles. The molecule has 0 aliphatic heterocycles. The van der Waals surface area contributed by atoms with Crippen LogP contribution >= 0.6 is 11.3 Å². The monoisotopic (exact) mass is 554 g/mol. The van der Waals surface area contributed by atoms with Crippen molar-refractivity contribution in [1.29, 1.82) is 0 Å². The molecule has 0 bridgehead atoms. The van der Waals surface area contributed by atoms with Crippen LogP contribution in [-0.4, -0.2) is 10.4 Å². The third kappa shape index (κ3) is 3.35. The number of para-hydroxylation sites is 2. The third-order valence-electron chi connectivity index (χ3n) is 8.75. The van der Waals surface area contributed by atoms with E-state index in [1.807, 2.05) is 11.3 Å². The molecule has 9 aromatic rings. The summed E-state index contributed by atoms with van der Waals surface area (Å²) in [5.41, 5.74) is 5.84.